The van der Waals surface area contributed by atoms with Crippen LogP contribution in [0.2, 0.25) is 0 Å². The van der Waals surface area contributed by atoms with E-state index >= 15 is 0 Å². The molecule has 4 heteroatoms. The lowest BCUT2D eigenvalue weighted by molar-refractivity contribution is -0.123. The van der Waals surface area contributed by atoms with Gasteiger partial charge < -0.3 is 10.1 Å². The summed E-state index contributed by atoms with van der Waals surface area (Å²) in [7, 11) is 0. The van der Waals surface area contributed by atoms with Crippen LogP contribution in [0.25, 0.3) is 0 Å². The van der Waals surface area contributed by atoms with Crippen LogP contribution >= 0.6 is 0 Å². The minimum absolute atomic E-state index is 0.0262. The van der Waals surface area contributed by atoms with Crippen LogP contribution in [0.5, 0.6) is 5.75 Å². The van der Waals surface area contributed by atoms with Crippen molar-refractivity contribution in [1.82, 2.24) is 5.32 Å². The number of hydrogen-bond donors (Lipinski definition) is 1. The predicted molar refractivity (Wildman–Crippen MR) is 89.0 cm³/mol. The van der Waals surface area contributed by atoms with Crippen LogP contribution in [0.4, 0.5) is 0 Å². The molecule has 0 heterocycles. The van der Waals surface area contributed by atoms with E-state index in [9.17, 15) is 4.79 Å². The number of nitrogens with one attached hydrogen (secondary N) is 1. The number of nitriles is 1. The first-order valence-corrected chi connectivity index (χ1v) is 7.63. The third kappa shape index (κ3) is 5.84. The van der Waals surface area contributed by atoms with Crippen LogP contribution < -0.4 is 10.1 Å². The second-order valence-corrected chi connectivity index (χ2v) is 5.42. The molecule has 2 rings (SSSR count). The standard InChI is InChI=1S/C19H20N2O2/c1-15(7-8-16-5-3-2-4-6-16)21-19(22)14-23-18-11-9-17(13-20)10-12-18/h2-6,9-12,15H,7-8,14H2,1H3,(H,21,22). The summed E-state index contributed by atoms with van der Waals surface area (Å²) in [5.74, 6) is 0.436. The number of amides is 1. The highest BCUT2D eigenvalue weighted by Crippen LogP contribution is 2.11. The van der Waals surface area contributed by atoms with Gasteiger partial charge in [-0.3, -0.25) is 4.79 Å². The number of benzene rings is 2. The van der Waals surface area contributed by atoms with Crippen molar-refractivity contribution in [3.63, 3.8) is 0 Å². The fraction of sp³-hybridized carbons (Fsp3) is 0.263. The topological polar surface area (TPSA) is 62.1 Å². The van der Waals surface area contributed by atoms with E-state index in [1.807, 2.05) is 31.2 Å². The van der Waals surface area contributed by atoms with Gasteiger partial charge in [0.25, 0.3) is 5.91 Å². The fourth-order valence-corrected chi connectivity index (χ4v) is 2.19. The van der Waals surface area contributed by atoms with Gasteiger partial charge in [-0.25, -0.2) is 0 Å². The number of carbonyl (C=O) groups excluding carboxylic acids is 1. The molecule has 1 atom stereocenters. The molecule has 0 aliphatic rings. The zero-order chi connectivity index (χ0) is 16.5. The second-order valence-electron chi connectivity index (χ2n) is 5.42. The van der Waals surface area contributed by atoms with Crippen molar-refractivity contribution in [2.45, 2.75) is 25.8 Å². The van der Waals surface area contributed by atoms with Crippen LogP contribution in [-0.2, 0) is 11.2 Å². The molecule has 0 saturated heterocycles. The first-order chi connectivity index (χ1) is 11.2. The number of nitrogens with zero attached hydrogens (tertiary/aromatic N) is 1. The molecule has 4 nitrogen and oxygen atoms in total. The van der Waals surface area contributed by atoms with Crippen molar-refractivity contribution in [2.24, 2.45) is 0 Å². The Kier molecular flexibility index (Phi) is 6.19. The smallest absolute Gasteiger partial charge is 0.258 e. The fourth-order valence-electron chi connectivity index (χ4n) is 2.19. The zero-order valence-electron chi connectivity index (χ0n) is 13.2. The van der Waals surface area contributed by atoms with Crippen molar-refractivity contribution in [3.8, 4) is 11.8 Å². The van der Waals surface area contributed by atoms with Gasteiger partial charge in [-0.1, -0.05) is 30.3 Å². The average molecular weight is 308 g/mol. The molecule has 23 heavy (non-hydrogen) atoms. The van der Waals surface area contributed by atoms with Crippen molar-refractivity contribution in [2.75, 3.05) is 6.61 Å². The van der Waals surface area contributed by atoms with Crippen LogP contribution in [0.15, 0.2) is 54.6 Å². The Balaban J connectivity index is 1.70. The Labute approximate surface area is 136 Å². The molecule has 0 aliphatic heterocycles. The number of rotatable bonds is 7. The molecule has 0 aromatic heterocycles. The van der Waals surface area contributed by atoms with Gasteiger partial charge in [-0.15, -0.1) is 0 Å². The maximum absolute atomic E-state index is 11.9. The van der Waals surface area contributed by atoms with Gasteiger partial charge in [0.05, 0.1) is 11.6 Å². The van der Waals surface area contributed by atoms with Crippen molar-refractivity contribution >= 4 is 5.91 Å². The Morgan fingerprint density at radius 2 is 1.87 bits per heavy atom. The van der Waals surface area contributed by atoms with Crippen LogP contribution in [-0.4, -0.2) is 18.6 Å². The average Bonchev–Trinajstić information content (AvgIpc) is 2.59. The van der Waals surface area contributed by atoms with Gasteiger partial charge in [0.2, 0.25) is 0 Å². The summed E-state index contributed by atoms with van der Waals surface area (Å²) in [5, 5.41) is 11.7. The number of carbonyl (C=O) groups is 1. The molecule has 2 aromatic rings. The molecular formula is C19H20N2O2. The third-order valence-electron chi connectivity index (χ3n) is 3.47. The number of hydrogen-bond acceptors (Lipinski definition) is 3. The Bertz CT molecular complexity index is 660. The van der Waals surface area contributed by atoms with Crippen LogP contribution in [0.3, 0.4) is 0 Å². The minimum atomic E-state index is -0.144. The summed E-state index contributed by atoms with van der Waals surface area (Å²) in [6.45, 7) is 1.96. The van der Waals surface area contributed by atoms with E-state index in [-0.39, 0.29) is 18.6 Å². The maximum atomic E-state index is 11.9. The maximum Gasteiger partial charge on any atom is 0.258 e. The SMILES string of the molecule is CC(CCc1ccccc1)NC(=O)COc1ccc(C#N)cc1. The van der Waals surface area contributed by atoms with Gasteiger partial charge in [0, 0.05) is 6.04 Å². The van der Waals surface area contributed by atoms with E-state index < -0.39 is 0 Å². The minimum Gasteiger partial charge on any atom is -0.484 e. The summed E-state index contributed by atoms with van der Waals surface area (Å²) in [4.78, 5) is 11.9. The first-order valence-electron chi connectivity index (χ1n) is 7.63. The molecule has 0 aliphatic carbocycles. The molecule has 2 aromatic carbocycles. The monoisotopic (exact) mass is 308 g/mol. The van der Waals surface area contributed by atoms with Gasteiger partial charge >= 0.3 is 0 Å². The molecule has 1 amide bonds. The first kappa shape index (κ1) is 16.6. The summed E-state index contributed by atoms with van der Waals surface area (Å²) in [5.41, 5.74) is 1.83. The second kappa shape index (κ2) is 8.60. The quantitative estimate of drug-likeness (QED) is 0.855. The molecule has 0 fully saturated rings. The normalized spacial score (nSPS) is 11.3. The molecule has 0 saturated carbocycles. The van der Waals surface area contributed by atoms with Crippen LogP contribution in [0, 0.1) is 11.3 Å². The molecule has 1 N–H and O–H groups in total. The van der Waals surface area contributed by atoms with Crippen LogP contribution in [0.1, 0.15) is 24.5 Å². The molecule has 118 valence electrons. The van der Waals surface area contributed by atoms with Crippen molar-refractivity contribution in [1.29, 1.82) is 5.26 Å². The van der Waals surface area contributed by atoms with Gasteiger partial charge in [0.1, 0.15) is 5.75 Å². The van der Waals surface area contributed by atoms with Gasteiger partial charge in [-0.05, 0) is 49.6 Å². The van der Waals surface area contributed by atoms with E-state index in [0.717, 1.165) is 12.8 Å². The van der Waals surface area contributed by atoms with E-state index in [4.69, 9.17) is 10.00 Å². The third-order valence-corrected chi connectivity index (χ3v) is 3.47. The van der Waals surface area contributed by atoms with Gasteiger partial charge in [-0.2, -0.15) is 5.26 Å². The highest BCUT2D eigenvalue weighted by atomic mass is 16.5. The highest BCUT2D eigenvalue weighted by molar-refractivity contribution is 5.77. The van der Waals surface area contributed by atoms with Gasteiger partial charge in [0.15, 0.2) is 6.61 Å². The molecular weight excluding hydrogens is 288 g/mol. The largest absolute Gasteiger partial charge is 0.484 e. The summed E-state index contributed by atoms with van der Waals surface area (Å²) < 4.78 is 5.41. The summed E-state index contributed by atoms with van der Waals surface area (Å²) >= 11 is 0. The lowest BCUT2D eigenvalue weighted by Crippen LogP contribution is -2.36. The molecule has 0 radical (unpaired) electrons. The van der Waals surface area contributed by atoms with Crippen molar-refractivity contribution < 1.29 is 9.53 Å². The Hall–Kier alpha value is -2.80. The zero-order valence-corrected chi connectivity index (χ0v) is 13.2. The lowest BCUT2D eigenvalue weighted by atomic mass is 10.1. The summed E-state index contributed by atoms with van der Waals surface area (Å²) in [6.07, 6.45) is 1.81. The molecule has 1 unspecified atom stereocenters. The van der Waals surface area contributed by atoms with E-state index in [1.165, 1.54) is 5.56 Å². The molecule has 0 spiro atoms. The van der Waals surface area contributed by atoms with E-state index in [0.29, 0.717) is 11.3 Å². The Morgan fingerprint density at radius 3 is 2.52 bits per heavy atom. The van der Waals surface area contributed by atoms with E-state index in [1.54, 1.807) is 24.3 Å². The predicted octanol–water partition coefficient (Wildman–Crippen LogP) is 3.07. The number of ether oxygens (including phenoxy) is 1. The summed E-state index contributed by atoms with van der Waals surface area (Å²) in [6, 6.07) is 19.0. The highest BCUT2D eigenvalue weighted by Gasteiger charge is 2.08. The Morgan fingerprint density at radius 1 is 1.17 bits per heavy atom. The van der Waals surface area contributed by atoms with Crippen molar-refractivity contribution in [3.05, 3.63) is 65.7 Å². The molecule has 0 bridgehead atoms. The van der Waals surface area contributed by atoms with E-state index in [2.05, 4.69) is 17.4 Å². The number of aryl methyl sites for hydroxylation is 1. The lowest BCUT2D eigenvalue weighted by Gasteiger charge is -2.14.